The van der Waals surface area contributed by atoms with E-state index in [2.05, 4.69) is 20.4 Å². The molecule has 0 saturated heterocycles. The van der Waals surface area contributed by atoms with E-state index < -0.39 is 10.0 Å². The van der Waals surface area contributed by atoms with Crippen LogP contribution >= 0.6 is 0 Å². The molecule has 1 aliphatic rings. The molecule has 1 heterocycles. The number of hydrogen-bond donors (Lipinski definition) is 4. The molecule has 1 amide bonds. The van der Waals surface area contributed by atoms with Gasteiger partial charge >= 0.3 is 0 Å². The molecule has 1 aromatic rings. The van der Waals surface area contributed by atoms with E-state index in [0.717, 1.165) is 12.8 Å². The van der Waals surface area contributed by atoms with E-state index in [1.807, 2.05) is 0 Å². The number of carbonyl (C=O) groups excluding carboxylic acids is 1. The van der Waals surface area contributed by atoms with Crippen LogP contribution in [0.3, 0.4) is 0 Å². The van der Waals surface area contributed by atoms with Crippen molar-refractivity contribution in [2.24, 2.45) is 11.8 Å². The van der Waals surface area contributed by atoms with E-state index in [4.69, 9.17) is 5.84 Å². The fourth-order valence-electron chi connectivity index (χ4n) is 1.64. The van der Waals surface area contributed by atoms with Crippen molar-refractivity contribution >= 4 is 21.6 Å². The van der Waals surface area contributed by atoms with Gasteiger partial charge in [0.1, 0.15) is 0 Å². The predicted molar refractivity (Wildman–Crippen MR) is 73.0 cm³/mol. The van der Waals surface area contributed by atoms with Crippen LogP contribution in [-0.2, 0) is 14.8 Å². The predicted octanol–water partition coefficient (Wildman–Crippen LogP) is -0.828. The van der Waals surface area contributed by atoms with Gasteiger partial charge in [-0.15, -0.1) is 0 Å². The first kappa shape index (κ1) is 14.7. The van der Waals surface area contributed by atoms with Gasteiger partial charge in [0.05, 0.1) is 5.69 Å². The standard InChI is InChI=1S/C11H17N5O3S/c12-16-9-2-1-5-14-11(9)20(18,19)15-7-6-13-10(17)8-3-4-8/h1-2,5,8,15-16H,3-4,6-7,12H2,(H,13,17). The van der Waals surface area contributed by atoms with Crippen molar-refractivity contribution in [3.05, 3.63) is 18.3 Å². The Hall–Kier alpha value is -1.71. The molecule has 0 unspecified atom stereocenters. The summed E-state index contributed by atoms with van der Waals surface area (Å²) in [6.07, 6.45) is 3.19. The maximum absolute atomic E-state index is 12.0. The summed E-state index contributed by atoms with van der Waals surface area (Å²) in [5.74, 6) is 5.33. The number of hydrazine groups is 1. The fraction of sp³-hybridized carbons (Fsp3) is 0.455. The number of nitrogens with zero attached hydrogens (tertiary/aromatic N) is 1. The number of aromatic nitrogens is 1. The smallest absolute Gasteiger partial charge is 0.260 e. The highest BCUT2D eigenvalue weighted by Crippen LogP contribution is 2.28. The number of nitrogens with two attached hydrogens (primary N) is 1. The summed E-state index contributed by atoms with van der Waals surface area (Å²) >= 11 is 0. The summed E-state index contributed by atoms with van der Waals surface area (Å²) in [7, 11) is -3.76. The average molecular weight is 299 g/mol. The zero-order chi connectivity index (χ0) is 14.6. The Bertz CT molecular complexity index is 585. The number of hydrogen-bond acceptors (Lipinski definition) is 6. The van der Waals surface area contributed by atoms with Gasteiger partial charge in [-0.05, 0) is 25.0 Å². The minimum Gasteiger partial charge on any atom is -0.355 e. The highest BCUT2D eigenvalue weighted by atomic mass is 32.2. The van der Waals surface area contributed by atoms with Crippen molar-refractivity contribution in [3.8, 4) is 0 Å². The van der Waals surface area contributed by atoms with Crippen molar-refractivity contribution in [1.82, 2.24) is 15.0 Å². The van der Waals surface area contributed by atoms with Gasteiger partial charge in [-0.3, -0.25) is 10.6 Å². The summed E-state index contributed by atoms with van der Waals surface area (Å²) in [5.41, 5.74) is 2.49. The van der Waals surface area contributed by atoms with Gasteiger partial charge < -0.3 is 10.7 Å². The third kappa shape index (κ3) is 3.65. The molecule has 110 valence electrons. The van der Waals surface area contributed by atoms with E-state index in [9.17, 15) is 13.2 Å². The van der Waals surface area contributed by atoms with Crippen LogP contribution < -0.4 is 21.3 Å². The molecule has 8 nitrogen and oxygen atoms in total. The van der Waals surface area contributed by atoms with Crippen molar-refractivity contribution in [2.45, 2.75) is 17.9 Å². The first-order valence-electron chi connectivity index (χ1n) is 6.23. The zero-order valence-electron chi connectivity index (χ0n) is 10.8. The number of pyridine rings is 1. The second-order valence-electron chi connectivity index (χ2n) is 4.46. The number of rotatable bonds is 7. The summed E-state index contributed by atoms with van der Waals surface area (Å²) < 4.78 is 26.4. The van der Waals surface area contributed by atoms with E-state index >= 15 is 0 Å². The van der Waals surface area contributed by atoms with Crippen LogP contribution in [0.4, 0.5) is 5.69 Å². The Morgan fingerprint density at radius 2 is 2.15 bits per heavy atom. The molecule has 1 saturated carbocycles. The highest BCUT2D eigenvalue weighted by Gasteiger charge is 2.29. The molecule has 0 atom stereocenters. The molecule has 1 aromatic heterocycles. The van der Waals surface area contributed by atoms with Gasteiger partial charge in [-0.1, -0.05) is 0 Å². The summed E-state index contributed by atoms with van der Waals surface area (Å²) in [4.78, 5) is 15.2. The minimum atomic E-state index is -3.76. The van der Waals surface area contributed by atoms with E-state index in [1.165, 1.54) is 12.3 Å². The monoisotopic (exact) mass is 299 g/mol. The Kier molecular flexibility index (Phi) is 4.53. The number of amides is 1. The molecular formula is C11H17N5O3S. The second-order valence-corrected chi connectivity index (χ2v) is 6.15. The normalized spacial score (nSPS) is 14.8. The zero-order valence-corrected chi connectivity index (χ0v) is 11.6. The van der Waals surface area contributed by atoms with Gasteiger partial charge in [0.25, 0.3) is 10.0 Å². The topological polar surface area (TPSA) is 126 Å². The Labute approximate surface area is 117 Å². The third-order valence-corrected chi connectivity index (χ3v) is 4.26. The lowest BCUT2D eigenvalue weighted by Gasteiger charge is -2.10. The molecule has 0 aromatic carbocycles. The van der Waals surface area contributed by atoms with Crippen LogP contribution in [0.15, 0.2) is 23.4 Å². The average Bonchev–Trinajstić information content (AvgIpc) is 3.28. The molecule has 1 fully saturated rings. The number of nitrogens with one attached hydrogen (secondary N) is 3. The van der Waals surface area contributed by atoms with Crippen LogP contribution in [-0.4, -0.2) is 32.4 Å². The van der Waals surface area contributed by atoms with Crippen LogP contribution in [0.2, 0.25) is 0 Å². The van der Waals surface area contributed by atoms with Crippen LogP contribution in [0.5, 0.6) is 0 Å². The second kappa shape index (κ2) is 6.16. The third-order valence-electron chi connectivity index (χ3n) is 2.85. The first-order valence-corrected chi connectivity index (χ1v) is 7.72. The molecule has 5 N–H and O–H groups in total. The summed E-state index contributed by atoms with van der Waals surface area (Å²) in [5, 5.41) is 2.50. The maximum Gasteiger partial charge on any atom is 0.260 e. The lowest BCUT2D eigenvalue weighted by atomic mass is 10.4. The van der Waals surface area contributed by atoms with Crippen LogP contribution in [0.25, 0.3) is 0 Å². The number of carbonyl (C=O) groups is 1. The van der Waals surface area contributed by atoms with Crippen LogP contribution in [0, 0.1) is 5.92 Å². The van der Waals surface area contributed by atoms with E-state index in [-0.39, 0.29) is 35.6 Å². The number of sulfonamides is 1. The van der Waals surface area contributed by atoms with Crippen molar-refractivity contribution in [1.29, 1.82) is 0 Å². The molecule has 0 aliphatic heterocycles. The lowest BCUT2D eigenvalue weighted by molar-refractivity contribution is -0.122. The quantitative estimate of drug-likeness (QED) is 0.296. The molecule has 2 rings (SSSR count). The fourth-order valence-corrected chi connectivity index (χ4v) is 2.77. The van der Waals surface area contributed by atoms with E-state index in [1.54, 1.807) is 6.07 Å². The highest BCUT2D eigenvalue weighted by molar-refractivity contribution is 7.89. The molecule has 9 heteroatoms. The minimum absolute atomic E-state index is 0.0219. The van der Waals surface area contributed by atoms with Gasteiger partial charge in [0.15, 0.2) is 5.03 Å². The largest absolute Gasteiger partial charge is 0.355 e. The molecule has 0 radical (unpaired) electrons. The molecule has 0 bridgehead atoms. The molecule has 1 aliphatic carbocycles. The Morgan fingerprint density at radius 3 is 2.80 bits per heavy atom. The van der Waals surface area contributed by atoms with Gasteiger partial charge in [0, 0.05) is 25.2 Å². The van der Waals surface area contributed by atoms with E-state index in [0.29, 0.717) is 0 Å². The van der Waals surface area contributed by atoms with Gasteiger partial charge in [-0.2, -0.15) is 0 Å². The van der Waals surface area contributed by atoms with Crippen molar-refractivity contribution in [3.63, 3.8) is 0 Å². The maximum atomic E-state index is 12.0. The summed E-state index contributed by atoms with van der Waals surface area (Å²) in [6, 6.07) is 3.08. The van der Waals surface area contributed by atoms with Crippen LogP contribution in [0.1, 0.15) is 12.8 Å². The Morgan fingerprint density at radius 1 is 1.40 bits per heavy atom. The number of anilines is 1. The summed E-state index contributed by atoms with van der Waals surface area (Å²) in [6.45, 7) is 0.341. The van der Waals surface area contributed by atoms with Crippen molar-refractivity contribution < 1.29 is 13.2 Å². The first-order chi connectivity index (χ1) is 9.54. The molecular weight excluding hydrogens is 282 g/mol. The van der Waals surface area contributed by atoms with Crippen molar-refractivity contribution in [2.75, 3.05) is 18.5 Å². The lowest BCUT2D eigenvalue weighted by Crippen LogP contribution is -2.35. The van der Waals surface area contributed by atoms with Gasteiger partial charge in [-0.25, -0.2) is 18.1 Å². The Balaban J connectivity index is 1.88. The van der Waals surface area contributed by atoms with Gasteiger partial charge in [0.2, 0.25) is 5.91 Å². The SMILES string of the molecule is NNc1cccnc1S(=O)(=O)NCCNC(=O)C1CC1. The molecule has 0 spiro atoms. The number of nitrogen functional groups attached to an aromatic ring is 1. The molecule has 20 heavy (non-hydrogen) atoms.